The summed E-state index contributed by atoms with van der Waals surface area (Å²) < 4.78 is 77.4. The number of rotatable bonds is 8. The number of aliphatic hydroxyl groups is 1. The lowest BCUT2D eigenvalue weighted by Crippen LogP contribution is -2.18. The molecule has 0 radical (unpaired) electrons. The van der Waals surface area contributed by atoms with Crippen LogP contribution in [0.4, 0.5) is 18.9 Å². The van der Waals surface area contributed by atoms with Crippen LogP contribution in [0.25, 0.3) is 5.65 Å². The predicted octanol–water partition coefficient (Wildman–Crippen LogP) is 2.55. The minimum Gasteiger partial charge on any atom is -0.479 e. The molecule has 3 heterocycles. The van der Waals surface area contributed by atoms with E-state index in [9.17, 15) is 26.7 Å². The van der Waals surface area contributed by atoms with Gasteiger partial charge in [0.1, 0.15) is 11.3 Å². The van der Waals surface area contributed by atoms with Crippen LogP contribution >= 0.6 is 0 Å². The summed E-state index contributed by atoms with van der Waals surface area (Å²) in [6.07, 6.45) is -0.346. The zero-order valence-corrected chi connectivity index (χ0v) is 17.5. The van der Waals surface area contributed by atoms with Gasteiger partial charge in [0, 0.05) is 12.3 Å². The molecule has 0 aliphatic heterocycles. The Balaban J connectivity index is 1.96. The third kappa shape index (κ3) is 4.82. The third-order valence-corrected chi connectivity index (χ3v) is 5.50. The molecule has 0 fully saturated rings. The van der Waals surface area contributed by atoms with Crippen LogP contribution in [0.15, 0.2) is 35.6 Å². The molecule has 0 aromatic carbocycles. The second-order valence-corrected chi connectivity index (χ2v) is 8.57. The summed E-state index contributed by atoms with van der Waals surface area (Å²) in [4.78, 5) is 7.64. The number of pyridine rings is 2. The van der Waals surface area contributed by atoms with Crippen molar-refractivity contribution in [3.05, 3.63) is 42.0 Å². The van der Waals surface area contributed by atoms with E-state index in [2.05, 4.69) is 19.4 Å². The molecule has 13 heteroatoms. The van der Waals surface area contributed by atoms with Crippen LogP contribution in [-0.4, -0.2) is 48.0 Å². The number of anilines is 1. The summed E-state index contributed by atoms with van der Waals surface area (Å²) in [7, 11) is -3.15. The van der Waals surface area contributed by atoms with Crippen molar-refractivity contribution in [3.8, 4) is 11.8 Å². The molecule has 2 N–H and O–H groups in total. The number of hydrogen-bond acceptors (Lipinski definition) is 7. The Hall–Kier alpha value is -3.06. The zero-order valence-electron chi connectivity index (χ0n) is 16.6. The molecule has 9 nitrogen and oxygen atoms in total. The highest BCUT2D eigenvalue weighted by Gasteiger charge is 2.25. The van der Waals surface area contributed by atoms with Crippen LogP contribution in [0.5, 0.6) is 11.8 Å². The lowest BCUT2D eigenvalue weighted by molar-refractivity contribution is 0.0769. The summed E-state index contributed by atoms with van der Waals surface area (Å²) in [5.41, 5.74) is -0.746. The Morgan fingerprint density at radius 1 is 1.29 bits per heavy atom. The Bertz CT molecular complexity index is 1210. The number of fused-ring (bicyclic) bond motifs is 1. The minimum absolute atomic E-state index is 0.256. The zero-order chi connectivity index (χ0) is 23.0. The van der Waals surface area contributed by atoms with Crippen LogP contribution in [0.3, 0.4) is 0 Å². The van der Waals surface area contributed by atoms with Crippen molar-refractivity contribution in [2.45, 2.75) is 30.9 Å². The minimum atomic E-state index is -4.29. The SMILES string of the molecule is COc1nc(OCC(F)F)c(F)cc1NS(=O)(=O)c1cnc2cc(C(C)(C)O)ccn12. The van der Waals surface area contributed by atoms with Gasteiger partial charge in [-0.3, -0.25) is 9.12 Å². The van der Waals surface area contributed by atoms with Crippen molar-refractivity contribution in [1.82, 2.24) is 14.4 Å². The van der Waals surface area contributed by atoms with Crippen molar-refractivity contribution < 1.29 is 36.2 Å². The number of nitrogens with one attached hydrogen (secondary N) is 1. The predicted molar refractivity (Wildman–Crippen MR) is 103 cm³/mol. The van der Waals surface area contributed by atoms with Gasteiger partial charge >= 0.3 is 0 Å². The monoisotopic (exact) mass is 460 g/mol. The van der Waals surface area contributed by atoms with Crippen LogP contribution in [0.1, 0.15) is 19.4 Å². The number of aromatic nitrogens is 3. The van der Waals surface area contributed by atoms with Crippen molar-refractivity contribution in [3.63, 3.8) is 0 Å². The van der Waals surface area contributed by atoms with Gasteiger partial charge in [-0.05, 0) is 31.5 Å². The first-order valence-electron chi connectivity index (χ1n) is 8.80. The number of halogens is 3. The van der Waals surface area contributed by atoms with Crippen LogP contribution in [0, 0.1) is 5.82 Å². The number of sulfonamides is 1. The maximum Gasteiger partial charge on any atom is 0.279 e. The van der Waals surface area contributed by atoms with E-state index in [0.29, 0.717) is 11.6 Å². The second kappa shape index (κ2) is 8.23. The normalized spacial score (nSPS) is 12.4. The molecule has 0 bridgehead atoms. The number of alkyl halides is 2. The summed E-state index contributed by atoms with van der Waals surface area (Å²) in [6, 6.07) is 3.76. The molecule has 0 atom stereocenters. The van der Waals surface area contributed by atoms with E-state index in [1.807, 2.05) is 0 Å². The van der Waals surface area contributed by atoms with Gasteiger partial charge in [0.25, 0.3) is 22.3 Å². The first kappa shape index (κ1) is 22.6. The molecule has 3 aromatic heterocycles. The second-order valence-electron chi connectivity index (χ2n) is 6.94. The summed E-state index contributed by atoms with van der Waals surface area (Å²) in [5.74, 6) is -2.30. The molecule has 0 aliphatic carbocycles. The fourth-order valence-corrected chi connectivity index (χ4v) is 3.81. The summed E-state index contributed by atoms with van der Waals surface area (Å²) in [6.45, 7) is 2.06. The number of hydrogen-bond donors (Lipinski definition) is 2. The van der Waals surface area contributed by atoms with Gasteiger partial charge in [0.2, 0.25) is 5.88 Å². The number of ether oxygens (including phenoxy) is 2. The highest BCUT2D eigenvalue weighted by Crippen LogP contribution is 2.30. The average molecular weight is 460 g/mol. The van der Waals surface area contributed by atoms with Crippen LogP contribution in [0.2, 0.25) is 0 Å². The molecular weight excluding hydrogens is 441 g/mol. The fraction of sp³-hybridized carbons (Fsp3) is 0.333. The van der Waals surface area contributed by atoms with Gasteiger partial charge in [-0.2, -0.15) is 13.4 Å². The van der Waals surface area contributed by atoms with E-state index in [-0.39, 0.29) is 22.2 Å². The van der Waals surface area contributed by atoms with Gasteiger partial charge in [-0.1, -0.05) is 0 Å². The molecule has 3 rings (SSSR count). The quantitative estimate of drug-likeness (QED) is 0.531. The van der Waals surface area contributed by atoms with Crippen molar-refractivity contribution in [1.29, 1.82) is 0 Å². The van der Waals surface area contributed by atoms with E-state index in [1.54, 1.807) is 13.8 Å². The van der Waals surface area contributed by atoms with E-state index in [1.165, 1.54) is 22.7 Å². The van der Waals surface area contributed by atoms with Crippen LogP contribution < -0.4 is 14.2 Å². The number of imidazole rings is 1. The molecule has 0 unspecified atom stereocenters. The maximum atomic E-state index is 14.2. The molecule has 168 valence electrons. The Morgan fingerprint density at radius 3 is 2.61 bits per heavy atom. The maximum absolute atomic E-state index is 14.2. The molecule has 0 saturated heterocycles. The Morgan fingerprint density at radius 2 is 2.00 bits per heavy atom. The lowest BCUT2D eigenvalue weighted by atomic mass is 10.00. The Kier molecular flexibility index (Phi) is 6.00. The van der Waals surface area contributed by atoms with Gasteiger partial charge < -0.3 is 14.6 Å². The lowest BCUT2D eigenvalue weighted by Gasteiger charge is -2.17. The highest BCUT2D eigenvalue weighted by atomic mass is 32.2. The average Bonchev–Trinajstić information content (AvgIpc) is 3.10. The van der Waals surface area contributed by atoms with E-state index >= 15 is 0 Å². The first-order chi connectivity index (χ1) is 14.4. The molecule has 0 aliphatic rings. The molecule has 3 aromatic rings. The van der Waals surface area contributed by atoms with Gasteiger partial charge in [0.05, 0.1) is 18.9 Å². The fourth-order valence-electron chi connectivity index (χ4n) is 2.66. The van der Waals surface area contributed by atoms with E-state index in [4.69, 9.17) is 4.74 Å². The first-order valence-corrected chi connectivity index (χ1v) is 10.3. The summed E-state index contributed by atoms with van der Waals surface area (Å²) in [5, 5.41) is 9.84. The topological polar surface area (TPSA) is 115 Å². The molecular formula is C18H19F3N4O5S. The van der Waals surface area contributed by atoms with Gasteiger partial charge in [-0.25, -0.2) is 18.2 Å². The van der Waals surface area contributed by atoms with Gasteiger partial charge in [-0.15, -0.1) is 0 Å². The molecule has 0 amide bonds. The van der Waals surface area contributed by atoms with Crippen molar-refractivity contribution in [2.75, 3.05) is 18.4 Å². The number of nitrogens with zero attached hydrogens (tertiary/aromatic N) is 3. The standard InChI is InChI=1S/C18H19F3N4O5S/c1-18(2,26)10-4-5-25-14(6-10)22-8-15(25)31(27,28)24-12-7-11(19)16(23-17(12)29-3)30-9-13(20)21/h4-8,13,24,26H,9H2,1-3H3. The smallest absolute Gasteiger partial charge is 0.279 e. The Labute approximate surface area is 175 Å². The van der Waals surface area contributed by atoms with E-state index in [0.717, 1.165) is 13.3 Å². The van der Waals surface area contributed by atoms with Crippen molar-refractivity contribution in [2.24, 2.45) is 0 Å². The van der Waals surface area contributed by atoms with Crippen LogP contribution in [-0.2, 0) is 15.6 Å². The molecule has 0 spiro atoms. The van der Waals surface area contributed by atoms with E-state index < -0.39 is 40.4 Å². The van der Waals surface area contributed by atoms with Gasteiger partial charge in [0.15, 0.2) is 17.5 Å². The largest absolute Gasteiger partial charge is 0.479 e. The summed E-state index contributed by atoms with van der Waals surface area (Å²) >= 11 is 0. The molecule has 31 heavy (non-hydrogen) atoms. The van der Waals surface area contributed by atoms with Crippen molar-refractivity contribution >= 4 is 21.4 Å². The highest BCUT2D eigenvalue weighted by molar-refractivity contribution is 7.92. The number of methoxy groups -OCH3 is 1. The third-order valence-electron chi connectivity index (χ3n) is 4.15. The molecule has 0 saturated carbocycles.